The molecular weight excluding hydrogens is 486 g/mol. The van der Waals surface area contributed by atoms with Gasteiger partial charge in [-0.25, -0.2) is 4.68 Å². The molecule has 37 heavy (non-hydrogen) atoms. The van der Waals surface area contributed by atoms with E-state index in [4.69, 9.17) is 9.84 Å². The number of hydrogen-bond acceptors (Lipinski definition) is 7. The monoisotopic (exact) mass is 517 g/mol. The number of thioether (sulfide) groups is 1. The van der Waals surface area contributed by atoms with Gasteiger partial charge in [0.05, 0.1) is 5.69 Å². The summed E-state index contributed by atoms with van der Waals surface area (Å²) in [6, 6.07) is 16.5. The summed E-state index contributed by atoms with van der Waals surface area (Å²) in [7, 11) is 1.89. The first-order valence-corrected chi connectivity index (χ1v) is 13.7. The predicted molar refractivity (Wildman–Crippen MR) is 144 cm³/mol. The molecule has 0 radical (unpaired) electrons. The number of rotatable bonds is 9. The van der Waals surface area contributed by atoms with E-state index in [1.807, 2.05) is 41.9 Å². The standard InChI is InChI=1S/C27H31N7O2S/c1-3-6-24-23(27(33(2)30-24)36-18-25(35)34-13-15-37-16-14-34)17-19-9-11-20(12-10-19)21-7-4-5-8-22(21)26-28-31-32-29-26/h4-5,7-12H,3,6,13-18H2,1-2H3,(H,28,29,31,32). The zero-order valence-electron chi connectivity index (χ0n) is 21.2. The summed E-state index contributed by atoms with van der Waals surface area (Å²) in [5.74, 6) is 3.25. The van der Waals surface area contributed by atoms with E-state index in [2.05, 4.69) is 57.9 Å². The van der Waals surface area contributed by atoms with Crippen molar-refractivity contribution in [1.82, 2.24) is 35.3 Å². The van der Waals surface area contributed by atoms with Crippen molar-refractivity contribution in [2.45, 2.75) is 26.2 Å². The van der Waals surface area contributed by atoms with E-state index in [1.165, 1.54) is 0 Å². The van der Waals surface area contributed by atoms with Crippen LogP contribution in [-0.2, 0) is 24.7 Å². The number of amides is 1. The van der Waals surface area contributed by atoms with Crippen molar-refractivity contribution in [3.63, 3.8) is 0 Å². The van der Waals surface area contributed by atoms with Crippen molar-refractivity contribution in [3.8, 4) is 28.4 Å². The highest BCUT2D eigenvalue weighted by molar-refractivity contribution is 7.99. The number of aryl methyl sites for hydroxylation is 2. The second kappa shape index (κ2) is 11.6. The highest BCUT2D eigenvalue weighted by Crippen LogP contribution is 2.31. The Hall–Kier alpha value is -3.66. The van der Waals surface area contributed by atoms with Gasteiger partial charge in [0.15, 0.2) is 6.61 Å². The van der Waals surface area contributed by atoms with Crippen LogP contribution in [0.25, 0.3) is 22.5 Å². The van der Waals surface area contributed by atoms with Gasteiger partial charge in [0.2, 0.25) is 11.7 Å². The third kappa shape index (κ3) is 5.69. The number of aromatic amines is 1. The van der Waals surface area contributed by atoms with Gasteiger partial charge in [0.1, 0.15) is 0 Å². The third-order valence-corrected chi connectivity index (χ3v) is 7.46. The lowest BCUT2D eigenvalue weighted by atomic mass is 9.96. The van der Waals surface area contributed by atoms with Crippen LogP contribution in [0.4, 0.5) is 0 Å². The smallest absolute Gasteiger partial charge is 0.260 e. The molecule has 0 bridgehead atoms. The maximum Gasteiger partial charge on any atom is 0.260 e. The average molecular weight is 518 g/mol. The molecule has 0 aliphatic carbocycles. The van der Waals surface area contributed by atoms with E-state index in [-0.39, 0.29) is 12.5 Å². The molecule has 10 heteroatoms. The summed E-state index contributed by atoms with van der Waals surface area (Å²) < 4.78 is 7.88. The molecular formula is C27H31N7O2S. The molecule has 2 aromatic carbocycles. The molecule has 1 amide bonds. The summed E-state index contributed by atoms with van der Waals surface area (Å²) in [4.78, 5) is 14.6. The topological polar surface area (TPSA) is 102 Å². The first-order valence-electron chi connectivity index (χ1n) is 12.6. The largest absolute Gasteiger partial charge is 0.468 e. The van der Waals surface area contributed by atoms with Crippen LogP contribution in [0, 0.1) is 0 Å². The molecule has 1 aliphatic heterocycles. The molecule has 1 aliphatic rings. The number of H-pyrrole nitrogens is 1. The molecule has 0 unspecified atom stereocenters. The van der Waals surface area contributed by atoms with Crippen LogP contribution in [0.15, 0.2) is 48.5 Å². The van der Waals surface area contributed by atoms with Crippen LogP contribution >= 0.6 is 11.8 Å². The number of benzene rings is 2. The van der Waals surface area contributed by atoms with Crippen molar-refractivity contribution in [1.29, 1.82) is 0 Å². The SMILES string of the molecule is CCCc1nn(C)c(OCC(=O)N2CCSCC2)c1Cc1ccc(-c2ccccc2-c2nn[nH]n2)cc1. The van der Waals surface area contributed by atoms with Crippen molar-refractivity contribution < 1.29 is 9.53 Å². The number of aromatic nitrogens is 6. The zero-order valence-corrected chi connectivity index (χ0v) is 22.0. The number of nitrogens with one attached hydrogen (secondary N) is 1. The second-order valence-electron chi connectivity index (χ2n) is 9.04. The van der Waals surface area contributed by atoms with E-state index in [1.54, 1.807) is 4.68 Å². The van der Waals surface area contributed by atoms with Crippen LogP contribution in [0.5, 0.6) is 5.88 Å². The summed E-state index contributed by atoms with van der Waals surface area (Å²) in [5, 5.41) is 19.3. The lowest BCUT2D eigenvalue weighted by molar-refractivity contribution is -0.133. The van der Waals surface area contributed by atoms with Crippen LogP contribution in [0.2, 0.25) is 0 Å². The Labute approximate surface area is 220 Å². The zero-order chi connectivity index (χ0) is 25.6. The molecule has 0 saturated carbocycles. The second-order valence-corrected chi connectivity index (χ2v) is 10.3. The Kier molecular flexibility index (Phi) is 7.84. The van der Waals surface area contributed by atoms with E-state index in [9.17, 15) is 4.79 Å². The van der Waals surface area contributed by atoms with Gasteiger partial charge in [-0.1, -0.05) is 61.9 Å². The minimum Gasteiger partial charge on any atom is -0.468 e. The molecule has 1 N–H and O–H groups in total. The number of carbonyl (C=O) groups is 1. The predicted octanol–water partition coefficient (Wildman–Crippen LogP) is 3.76. The van der Waals surface area contributed by atoms with Gasteiger partial charge < -0.3 is 9.64 Å². The Morgan fingerprint density at radius 1 is 1.08 bits per heavy atom. The van der Waals surface area contributed by atoms with Crippen molar-refractivity contribution >= 4 is 17.7 Å². The lowest BCUT2D eigenvalue weighted by Crippen LogP contribution is -2.40. The number of carbonyl (C=O) groups excluding carboxylic acids is 1. The molecule has 2 aromatic heterocycles. The normalized spacial score (nSPS) is 13.6. The van der Waals surface area contributed by atoms with Gasteiger partial charge in [-0.05, 0) is 28.3 Å². The number of nitrogens with zero attached hydrogens (tertiary/aromatic N) is 6. The molecule has 4 aromatic rings. The first-order chi connectivity index (χ1) is 18.1. The molecule has 9 nitrogen and oxygen atoms in total. The van der Waals surface area contributed by atoms with Crippen LogP contribution in [-0.4, -0.2) is 72.4 Å². The number of hydrogen-bond donors (Lipinski definition) is 1. The van der Waals surface area contributed by atoms with E-state index >= 15 is 0 Å². The molecule has 1 saturated heterocycles. The van der Waals surface area contributed by atoms with Crippen LogP contribution in [0.1, 0.15) is 30.2 Å². The third-order valence-electron chi connectivity index (χ3n) is 6.51. The quantitative estimate of drug-likeness (QED) is 0.361. The fourth-order valence-electron chi connectivity index (χ4n) is 4.65. The van der Waals surface area contributed by atoms with Gasteiger partial charge in [-0.15, -0.1) is 10.2 Å². The molecule has 3 heterocycles. The van der Waals surface area contributed by atoms with Gasteiger partial charge in [-0.2, -0.15) is 22.1 Å². The fourth-order valence-corrected chi connectivity index (χ4v) is 5.55. The van der Waals surface area contributed by atoms with Crippen molar-refractivity contribution in [3.05, 3.63) is 65.4 Å². The highest BCUT2D eigenvalue weighted by atomic mass is 32.2. The Morgan fingerprint density at radius 3 is 2.54 bits per heavy atom. The number of tetrazole rings is 1. The van der Waals surface area contributed by atoms with Crippen LogP contribution in [0.3, 0.4) is 0 Å². The van der Waals surface area contributed by atoms with E-state index < -0.39 is 0 Å². The lowest BCUT2D eigenvalue weighted by Gasteiger charge is -2.26. The van der Waals surface area contributed by atoms with E-state index in [0.29, 0.717) is 18.1 Å². The van der Waals surface area contributed by atoms with E-state index in [0.717, 1.165) is 70.9 Å². The average Bonchev–Trinajstić information content (AvgIpc) is 3.57. The minimum atomic E-state index is 0.0362. The summed E-state index contributed by atoms with van der Waals surface area (Å²) in [6.45, 7) is 3.75. The first kappa shape index (κ1) is 25.0. The maximum absolute atomic E-state index is 12.7. The van der Waals surface area contributed by atoms with Gasteiger partial charge in [-0.3, -0.25) is 4.79 Å². The molecule has 192 valence electrons. The van der Waals surface area contributed by atoms with Gasteiger partial charge >= 0.3 is 0 Å². The van der Waals surface area contributed by atoms with Crippen molar-refractivity contribution in [2.75, 3.05) is 31.2 Å². The maximum atomic E-state index is 12.7. The Balaban J connectivity index is 1.36. The summed E-state index contributed by atoms with van der Waals surface area (Å²) in [6.07, 6.45) is 2.53. The molecule has 0 atom stereocenters. The Morgan fingerprint density at radius 2 is 1.84 bits per heavy atom. The molecule has 1 fully saturated rings. The van der Waals surface area contributed by atoms with Crippen LogP contribution < -0.4 is 4.74 Å². The molecule has 0 spiro atoms. The Bertz CT molecular complexity index is 1330. The summed E-state index contributed by atoms with van der Waals surface area (Å²) in [5.41, 5.74) is 6.26. The van der Waals surface area contributed by atoms with Gasteiger partial charge in [0, 0.05) is 49.2 Å². The minimum absolute atomic E-state index is 0.0362. The highest BCUT2D eigenvalue weighted by Gasteiger charge is 2.22. The fraction of sp³-hybridized carbons (Fsp3) is 0.370. The number of ether oxygens (including phenoxy) is 1. The van der Waals surface area contributed by atoms with Gasteiger partial charge in [0.25, 0.3) is 5.91 Å². The summed E-state index contributed by atoms with van der Waals surface area (Å²) >= 11 is 1.89. The van der Waals surface area contributed by atoms with Crippen molar-refractivity contribution in [2.24, 2.45) is 7.05 Å². The molecule has 5 rings (SSSR count).